The first-order valence-corrected chi connectivity index (χ1v) is 3.40. The smallest absolute Gasteiger partial charge is 0.0102 e. The van der Waals surface area contributed by atoms with Crippen LogP contribution in [0.15, 0.2) is 0 Å². The van der Waals surface area contributed by atoms with Gasteiger partial charge in [0.1, 0.15) is 0 Å². The molecule has 0 spiro atoms. The van der Waals surface area contributed by atoms with Crippen LogP contribution < -0.4 is 5.73 Å². The minimum atomic E-state index is 0.509. The second-order valence-electron chi connectivity index (χ2n) is 3.26. The van der Waals surface area contributed by atoms with Crippen molar-refractivity contribution in [2.75, 3.05) is 0 Å². The van der Waals surface area contributed by atoms with Crippen molar-refractivity contribution < 1.29 is 0 Å². The Hall–Kier alpha value is -0.0400. The topological polar surface area (TPSA) is 26.0 Å². The number of hydrogen-bond donors (Lipinski definition) is 1. The van der Waals surface area contributed by atoms with Gasteiger partial charge in [0.05, 0.1) is 0 Å². The van der Waals surface area contributed by atoms with E-state index in [0.29, 0.717) is 6.04 Å². The van der Waals surface area contributed by atoms with E-state index in [-0.39, 0.29) is 0 Å². The lowest BCUT2D eigenvalue weighted by molar-refractivity contribution is 0.523. The van der Waals surface area contributed by atoms with Gasteiger partial charge in [-0.05, 0) is 17.8 Å². The molecule has 0 aromatic carbocycles. The Bertz CT molecular complexity index is 73.6. The molecular formula is C7H15N. The molecule has 1 aliphatic carbocycles. The molecule has 1 rings (SSSR count). The second kappa shape index (κ2) is 1.73. The van der Waals surface area contributed by atoms with E-state index >= 15 is 0 Å². The maximum absolute atomic E-state index is 5.71. The van der Waals surface area contributed by atoms with Crippen LogP contribution in [0.2, 0.25) is 0 Å². The molecular weight excluding hydrogens is 98.1 g/mol. The lowest BCUT2D eigenvalue weighted by Gasteiger charge is -1.98. The Balaban J connectivity index is 2.33. The van der Waals surface area contributed by atoms with Crippen molar-refractivity contribution in [3.8, 4) is 0 Å². The lowest BCUT2D eigenvalue weighted by atomic mass is 10.1. The third kappa shape index (κ3) is 0.752. The molecule has 0 aromatic heterocycles. The van der Waals surface area contributed by atoms with Gasteiger partial charge in [0, 0.05) is 6.04 Å². The van der Waals surface area contributed by atoms with Gasteiger partial charge >= 0.3 is 0 Å². The zero-order valence-electron chi connectivity index (χ0n) is 5.89. The van der Waals surface area contributed by atoms with E-state index in [1.165, 1.54) is 0 Å². The first-order chi connectivity index (χ1) is 3.64. The highest BCUT2D eigenvalue weighted by Gasteiger charge is 2.45. The van der Waals surface area contributed by atoms with E-state index in [9.17, 15) is 0 Å². The molecule has 3 atom stereocenters. The molecule has 0 bridgehead atoms. The van der Waals surface area contributed by atoms with E-state index in [4.69, 9.17) is 5.73 Å². The Morgan fingerprint density at radius 3 is 1.75 bits per heavy atom. The maximum atomic E-state index is 5.71. The summed E-state index contributed by atoms with van der Waals surface area (Å²) >= 11 is 0. The van der Waals surface area contributed by atoms with Gasteiger partial charge in [-0.25, -0.2) is 0 Å². The molecule has 8 heavy (non-hydrogen) atoms. The molecule has 1 heteroatoms. The zero-order valence-corrected chi connectivity index (χ0v) is 5.89. The van der Waals surface area contributed by atoms with E-state index in [0.717, 1.165) is 17.8 Å². The standard InChI is InChI=1S/C7H15N/c1-4(2)6-5(3)7(6)8/h4-7H,8H2,1-3H3. The van der Waals surface area contributed by atoms with E-state index in [2.05, 4.69) is 20.8 Å². The van der Waals surface area contributed by atoms with Crippen LogP contribution in [0.25, 0.3) is 0 Å². The first kappa shape index (κ1) is 6.09. The summed E-state index contributed by atoms with van der Waals surface area (Å²) in [5.41, 5.74) is 5.71. The van der Waals surface area contributed by atoms with Crippen molar-refractivity contribution in [1.29, 1.82) is 0 Å². The van der Waals surface area contributed by atoms with Gasteiger partial charge in [-0.2, -0.15) is 0 Å². The highest BCUT2D eigenvalue weighted by atomic mass is 14.8. The SMILES string of the molecule is CC(C)C1C(C)C1N. The summed E-state index contributed by atoms with van der Waals surface area (Å²) in [4.78, 5) is 0. The van der Waals surface area contributed by atoms with Crippen LogP contribution >= 0.6 is 0 Å². The van der Waals surface area contributed by atoms with Gasteiger partial charge in [-0.3, -0.25) is 0 Å². The summed E-state index contributed by atoms with van der Waals surface area (Å²) in [5.74, 6) is 2.39. The molecule has 1 nitrogen and oxygen atoms in total. The monoisotopic (exact) mass is 113 g/mol. The molecule has 48 valence electrons. The summed E-state index contributed by atoms with van der Waals surface area (Å²) in [6.45, 7) is 6.72. The number of rotatable bonds is 1. The van der Waals surface area contributed by atoms with Crippen LogP contribution in [0.1, 0.15) is 20.8 Å². The van der Waals surface area contributed by atoms with Crippen molar-refractivity contribution in [2.45, 2.75) is 26.8 Å². The predicted octanol–water partition coefficient (Wildman–Crippen LogP) is 1.24. The molecule has 0 saturated heterocycles. The molecule has 1 aliphatic rings. The van der Waals surface area contributed by atoms with Gasteiger partial charge in [-0.15, -0.1) is 0 Å². The summed E-state index contributed by atoms with van der Waals surface area (Å²) < 4.78 is 0. The summed E-state index contributed by atoms with van der Waals surface area (Å²) in [6, 6.07) is 0.509. The third-order valence-corrected chi connectivity index (χ3v) is 2.29. The van der Waals surface area contributed by atoms with Crippen molar-refractivity contribution in [2.24, 2.45) is 23.5 Å². The van der Waals surface area contributed by atoms with Crippen LogP contribution in [0, 0.1) is 17.8 Å². The van der Waals surface area contributed by atoms with Crippen LogP contribution in [-0.2, 0) is 0 Å². The molecule has 1 saturated carbocycles. The molecule has 0 amide bonds. The van der Waals surface area contributed by atoms with Gasteiger partial charge in [0.15, 0.2) is 0 Å². The van der Waals surface area contributed by atoms with Crippen LogP contribution in [-0.4, -0.2) is 6.04 Å². The lowest BCUT2D eigenvalue weighted by Crippen LogP contribution is -2.05. The van der Waals surface area contributed by atoms with Gasteiger partial charge < -0.3 is 5.73 Å². The third-order valence-electron chi connectivity index (χ3n) is 2.29. The van der Waals surface area contributed by atoms with Crippen LogP contribution in [0.5, 0.6) is 0 Å². The fourth-order valence-electron chi connectivity index (χ4n) is 1.58. The molecule has 0 aromatic rings. The van der Waals surface area contributed by atoms with Crippen LogP contribution in [0.4, 0.5) is 0 Å². The van der Waals surface area contributed by atoms with Gasteiger partial charge in [0.25, 0.3) is 0 Å². The Morgan fingerprint density at radius 2 is 1.75 bits per heavy atom. The largest absolute Gasteiger partial charge is 0.327 e. The normalized spacial score (nSPS) is 45.4. The summed E-state index contributed by atoms with van der Waals surface area (Å²) in [6.07, 6.45) is 0. The average Bonchev–Trinajstić information content (AvgIpc) is 2.15. The van der Waals surface area contributed by atoms with Crippen molar-refractivity contribution >= 4 is 0 Å². The predicted molar refractivity (Wildman–Crippen MR) is 35.5 cm³/mol. The van der Waals surface area contributed by atoms with Crippen molar-refractivity contribution in [3.63, 3.8) is 0 Å². The second-order valence-corrected chi connectivity index (χ2v) is 3.26. The molecule has 3 unspecified atom stereocenters. The summed E-state index contributed by atoms with van der Waals surface area (Å²) in [5, 5.41) is 0. The van der Waals surface area contributed by atoms with E-state index in [1.54, 1.807) is 0 Å². The molecule has 0 aliphatic heterocycles. The first-order valence-electron chi connectivity index (χ1n) is 3.40. The Morgan fingerprint density at radius 1 is 1.38 bits per heavy atom. The molecule has 0 radical (unpaired) electrons. The fourth-order valence-corrected chi connectivity index (χ4v) is 1.58. The van der Waals surface area contributed by atoms with Crippen molar-refractivity contribution in [1.82, 2.24) is 0 Å². The quantitative estimate of drug-likeness (QED) is 0.544. The fraction of sp³-hybridized carbons (Fsp3) is 1.00. The highest BCUT2D eigenvalue weighted by molar-refractivity contribution is 4.99. The van der Waals surface area contributed by atoms with Crippen molar-refractivity contribution in [3.05, 3.63) is 0 Å². The molecule has 1 fully saturated rings. The Kier molecular flexibility index (Phi) is 1.31. The maximum Gasteiger partial charge on any atom is 0.0102 e. The number of hydrogen-bond acceptors (Lipinski definition) is 1. The molecule has 2 N–H and O–H groups in total. The van der Waals surface area contributed by atoms with Gasteiger partial charge in [-0.1, -0.05) is 20.8 Å². The number of nitrogens with two attached hydrogens (primary N) is 1. The molecule has 0 heterocycles. The highest BCUT2D eigenvalue weighted by Crippen LogP contribution is 2.41. The minimum Gasteiger partial charge on any atom is -0.327 e. The van der Waals surface area contributed by atoms with E-state index in [1.807, 2.05) is 0 Å². The van der Waals surface area contributed by atoms with Crippen LogP contribution in [0.3, 0.4) is 0 Å². The van der Waals surface area contributed by atoms with Gasteiger partial charge in [0.2, 0.25) is 0 Å². The zero-order chi connectivity index (χ0) is 6.31. The minimum absolute atomic E-state index is 0.509. The Labute approximate surface area is 51.3 Å². The summed E-state index contributed by atoms with van der Waals surface area (Å²) in [7, 11) is 0. The average molecular weight is 113 g/mol. The van der Waals surface area contributed by atoms with E-state index < -0.39 is 0 Å².